The third-order valence-electron chi connectivity index (χ3n) is 5.37. The monoisotopic (exact) mass is 292 g/mol. The lowest BCUT2D eigenvalue weighted by atomic mass is 9.88. The summed E-state index contributed by atoms with van der Waals surface area (Å²) in [5.41, 5.74) is 6.39. The Morgan fingerprint density at radius 3 is 2.86 bits per heavy atom. The number of nitrogens with zero attached hydrogens (tertiary/aromatic N) is 5. The summed E-state index contributed by atoms with van der Waals surface area (Å²) in [5.74, 6) is 1.08. The highest BCUT2D eigenvalue weighted by Gasteiger charge is 2.39. The van der Waals surface area contributed by atoms with E-state index in [1.807, 2.05) is 6.33 Å². The van der Waals surface area contributed by atoms with Crippen molar-refractivity contribution in [3.8, 4) is 0 Å². The van der Waals surface area contributed by atoms with Crippen LogP contribution >= 0.6 is 0 Å². The largest absolute Gasteiger partial charge is 0.329 e. The maximum absolute atomic E-state index is 6.25. The van der Waals surface area contributed by atoms with E-state index in [0.717, 1.165) is 45.0 Å². The van der Waals surface area contributed by atoms with Crippen LogP contribution in [0.25, 0.3) is 0 Å². The molecule has 0 spiro atoms. The van der Waals surface area contributed by atoms with Crippen molar-refractivity contribution in [2.24, 2.45) is 5.73 Å². The molecule has 6 nitrogen and oxygen atoms in total. The van der Waals surface area contributed by atoms with E-state index in [9.17, 15) is 0 Å². The number of fused-ring (bicyclic) bond motifs is 1. The minimum atomic E-state index is 0.140. The van der Waals surface area contributed by atoms with Crippen molar-refractivity contribution in [3.05, 3.63) is 12.2 Å². The van der Waals surface area contributed by atoms with Gasteiger partial charge in [-0.15, -0.1) is 10.2 Å². The molecule has 1 atom stereocenters. The van der Waals surface area contributed by atoms with Crippen LogP contribution in [0.2, 0.25) is 0 Å². The van der Waals surface area contributed by atoms with Crippen LogP contribution in [-0.2, 0) is 13.1 Å². The van der Waals surface area contributed by atoms with Crippen molar-refractivity contribution in [3.63, 3.8) is 0 Å². The lowest BCUT2D eigenvalue weighted by Crippen LogP contribution is -2.56. The summed E-state index contributed by atoms with van der Waals surface area (Å²) < 4.78 is 2.16. The Kier molecular flexibility index (Phi) is 4.28. The molecule has 2 N–H and O–H groups in total. The highest BCUT2D eigenvalue weighted by Crippen LogP contribution is 2.31. The molecule has 1 aromatic rings. The maximum atomic E-state index is 6.25. The van der Waals surface area contributed by atoms with Crippen molar-refractivity contribution < 1.29 is 0 Å². The van der Waals surface area contributed by atoms with E-state index < -0.39 is 0 Å². The Morgan fingerprint density at radius 1 is 1.24 bits per heavy atom. The van der Waals surface area contributed by atoms with Gasteiger partial charge in [-0.1, -0.05) is 0 Å². The van der Waals surface area contributed by atoms with Crippen LogP contribution in [0, 0.1) is 0 Å². The van der Waals surface area contributed by atoms with Crippen LogP contribution in [0.1, 0.15) is 38.9 Å². The van der Waals surface area contributed by atoms with Gasteiger partial charge in [0.1, 0.15) is 12.2 Å². The van der Waals surface area contributed by atoms with Gasteiger partial charge in [-0.3, -0.25) is 4.90 Å². The highest BCUT2D eigenvalue weighted by atomic mass is 15.3. The van der Waals surface area contributed by atoms with Crippen molar-refractivity contribution in [2.75, 3.05) is 26.2 Å². The first-order chi connectivity index (χ1) is 10.1. The highest BCUT2D eigenvalue weighted by molar-refractivity contribution is 5.00. The fourth-order valence-corrected chi connectivity index (χ4v) is 3.84. The lowest BCUT2D eigenvalue weighted by Gasteiger charge is -2.44. The van der Waals surface area contributed by atoms with E-state index in [1.54, 1.807) is 0 Å². The van der Waals surface area contributed by atoms with Gasteiger partial charge in [-0.25, -0.2) is 0 Å². The molecule has 21 heavy (non-hydrogen) atoms. The molecule has 2 aliphatic heterocycles. The van der Waals surface area contributed by atoms with E-state index in [0.29, 0.717) is 6.04 Å². The summed E-state index contributed by atoms with van der Waals surface area (Å²) in [7, 11) is 0. The van der Waals surface area contributed by atoms with Crippen molar-refractivity contribution in [1.82, 2.24) is 24.6 Å². The number of rotatable bonds is 3. The van der Waals surface area contributed by atoms with Gasteiger partial charge in [0.25, 0.3) is 0 Å². The van der Waals surface area contributed by atoms with E-state index in [4.69, 9.17) is 5.73 Å². The summed E-state index contributed by atoms with van der Waals surface area (Å²) >= 11 is 0. The van der Waals surface area contributed by atoms with Gasteiger partial charge in [0.15, 0.2) is 0 Å². The normalized spacial score (nSPS) is 28.6. The van der Waals surface area contributed by atoms with Gasteiger partial charge >= 0.3 is 0 Å². The Bertz CT molecular complexity index is 470. The average Bonchev–Trinajstić information content (AvgIpc) is 2.84. The molecule has 2 aliphatic rings. The fraction of sp³-hybridized carbons (Fsp3) is 0.867. The molecule has 0 bridgehead atoms. The fourth-order valence-electron chi connectivity index (χ4n) is 3.84. The predicted molar refractivity (Wildman–Crippen MR) is 82.8 cm³/mol. The Morgan fingerprint density at radius 2 is 2.10 bits per heavy atom. The molecule has 0 amide bonds. The second kappa shape index (κ2) is 6.02. The van der Waals surface area contributed by atoms with Crippen LogP contribution in [0.4, 0.5) is 0 Å². The molecule has 3 heterocycles. The summed E-state index contributed by atoms with van der Waals surface area (Å²) in [6.07, 6.45) is 5.44. The SMILES string of the molecule is CC(C)N1CCCC(CN)(N2CCn3cnnc3C2)CC1. The van der Waals surface area contributed by atoms with Gasteiger partial charge in [-0.2, -0.15) is 0 Å². The number of nitrogens with two attached hydrogens (primary N) is 1. The van der Waals surface area contributed by atoms with Gasteiger partial charge in [-0.05, 0) is 39.7 Å². The minimum absolute atomic E-state index is 0.140. The molecule has 1 fully saturated rings. The number of likely N-dealkylation sites (tertiary alicyclic amines) is 1. The van der Waals surface area contributed by atoms with Crippen LogP contribution in [0.5, 0.6) is 0 Å². The molecule has 1 unspecified atom stereocenters. The standard InChI is InChI=1S/C15H28N6/c1-13(2)19-6-3-4-15(11-16,5-7-19)21-9-8-20-12-17-18-14(20)10-21/h12-13H,3-11,16H2,1-2H3. The Hall–Kier alpha value is -0.980. The van der Waals surface area contributed by atoms with E-state index in [-0.39, 0.29) is 5.54 Å². The second-order valence-corrected chi connectivity index (χ2v) is 6.77. The van der Waals surface area contributed by atoms with Crippen LogP contribution < -0.4 is 5.73 Å². The molecule has 1 saturated heterocycles. The molecule has 0 saturated carbocycles. The molecule has 1 aromatic heterocycles. The third-order valence-corrected chi connectivity index (χ3v) is 5.37. The van der Waals surface area contributed by atoms with Crippen LogP contribution in [0.15, 0.2) is 6.33 Å². The summed E-state index contributed by atoms with van der Waals surface area (Å²) in [6.45, 7) is 10.6. The molecule has 6 heteroatoms. The van der Waals surface area contributed by atoms with Crippen molar-refractivity contribution >= 4 is 0 Å². The summed E-state index contributed by atoms with van der Waals surface area (Å²) in [4.78, 5) is 5.16. The average molecular weight is 292 g/mol. The first kappa shape index (κ1) is 14.9. The zero-order valence-electron chi connectivity index (χ0n) is 13.3. The predicted octanol–water partition coefficient (Wildman–Crippen LogP) is 0.686. The zero-order valence-corrected chi connectivity index (χ0v) is 13.3. The maximum Gasteiger partial charge on any atom is 0.147 e. The zero-order chi connectivity index (χ0) is 14.9. The van der Waals surface area contributed by atoms with Crippen molar-refractivity contribution in [1.29, 1.82) is 0 Å². The molecule has 118 valence electrons. The first-order valence-electron chi connectivity index (χ1n) is 8.20. The quantitative estimate of drug-likeness (QED) is 0.888. The molecule has 0 aliphatic carbocycles. The number of hydrogen-bond donors (Lipinski definition) is 1. The molecule has 0 radical (unpaired) electrons. The van der Waals surface area contributed by atoms with Crippen LogP contribution in [-0.4, -0.2) is 62.3 Å². The topological polar surface area (TPSA) is 63.2 Å². The lowest BCUT2D eigenvalue weighted by molar-refractivity contribution is 0.0490. The van der Waals surface area contributed by atoms with Gasteiger partial charge < -0.3 is 15.2 Å². The molecule has 0 aromatic carbocycles. The third kappa shape index (κ3) is 2.84. The van der Waals surface area contributed by atoms with E-state index >= 15 is 0 Å². The van der Waals surface area contributed by atoms with E-state index in [1.165, 1.54) is 19.4 Å². The minimum Gasteiger partial charge on any atom is -0.329 e. The van der Waals surface area contributed by atoms with Gasteiger partial charge in [0, 0.05) is 37.8 Å². The number of hydrogen-bond acceptors (Lipinski definition) is 5. The van der Waals surface area contributed by atoms with Gasteiger partial charge in [0.2, 0.25) is 0 Å². The second-order valence-electron chi connectivity index (χ2n) is 6.77. The van der Waals surface area contributed by atoms with Gasteiger partial charge in [0.05, 0.1) is 6.54 Å². The summed E-state index contributed by atoms with van der Waals surface area (Å²) in [6, 6.07) is 0.628. The smallest absolute Gasteiger partial charge is 0.147 e. The number of aromatic nitrogens is 3. The molecular formula is C15H28N6. The first-order valence-corrected chi connectivity index (χ1v) is 8.20. The van der Waals surface area contributed by atoms with E-state index in [2.05, 4.69) is 38.4 Å². The summed E-state index contributed by atoms with van der Waals surface area (Å²) in [5, 5.41) is 8.29. The van der Waals surface area contributed by atoms with Crippen LogP contribution in [0.3, 0.4) is 0 Å². The Balaban J connectivity index is 1.75. The molecule has 3 rings (SSSR count). The molecular weight excluding hydrogens is 264 g/mol. The Labute approximate surface area is 127 Å². The van der Waals surface area contributed by atoms with Crippen molar-refractivity contribution in [2.45, 2.75) is 57.8 Å².